The Kier molecular flexibility index (Phi) is 20.3. The van der Waals surface area contributed by atoms with E-state index in [2.05, 4.69) is 0 Å². The lowest BCUT2D eigenvalue weighted by atomic mass is 10.4. The molecule has 42 heavy (non-hydrogen) atoms. The van der Waals surface area contributed by atoms with Gasteiger partial charge in [-0.25, -0.2) is 0 Å². The quantitative estimate of drug-likeness (QED) is 0.116. The summed E-state index contributed by atoms with van der Waals surface area (Å²) in [7, 11) is -5.75. The van der Waals surface area contributed by atoms with Crippen LogP contribution in [0.4, 0.5) is 0 Å². The lowest BCUT2D eigenvalue weighted by Crippen LogP contribution is -2.41. The SMILES string of the molecule is COP(=O)(CN(CCN(CP(=O)(OC)OC)CP(=O)(OC)OC)CCN(CP(=O)(OC)OC)CP(=O)(OC)OC)OC. The molecule has 23 heteroatoms. The molecule has 0 aromatic carbocycles. The van der Waals surface area contributed by atoms with Gasteiger partial charge in [-0.15, -0.1) is 0 Å². The van der Waals surface area contributed by atoms with Crippen LogP contribution in [0.3, 0.4) is 0 Å². The van der Waals surface area contributed by atoms with Crippen LogP contribution < -0.4 is 0 Å². The van der Waals surface area contributed by atoms with Crippen molar-refractivity contribution in [2.75, 3.05) is 129 Å². The Morgan fingerprint density at radius 3 is 0.619 bits per heavy atom. The highest BCUT2D eigenvalue weighted by Gasteiger charge is 2.35. The molecule has 0 aromatic heterocycles. The summed E-state index contributed by atoms with van der Waals surface area (Å²) in [6.45, 7) is 0.432. The Hall–Kier alpha value is 0.630. The summed E-state index contributed by atoms with van der Waals surface area (Å²) in [5.74, 6) is 0. The van der Waals surface area contributed by atoms with E-state index in [0.717, 1.165) is 0 Å². The van der Waals surface area contributed by atoms with Crippen molar-refractivity contribution in [3.05, 3.63) is 0 Å². The van der Waals surface area contributed by atoms with E-state index >= 15 is 0 Å². The van der Waals surface area contributed by atoms with Crippen molar-refractivity contribution in [1.82, 2.24) is 14.7 Å². The predicted octanol–water partition coefficient (Wildman–Crippen LogP) is 4.11. The standard InChI is InChI=1S/C19H48N3O15P5/c1-28-38(23,29-2)15-20(11-13-21(16-39(24,30-3)31-4)17-40(25,32-5)33-6)12-14-22(18-41(26,34-7)35-8)19-42(27,36-9)37-10/h11-19H2,1-10H3. The van der Waals surface area contributed by atoms with Crippen LogP contribution in [0.15, 0.2) is 0 Å². The fourth-order valence-electron chi connectivity index (χ4n) is 3.37. The highest BCUT2D eigenvalue weighted by molar-refractivity contribution is 7.55. The molecular weight excluding hydrogens is 665 g/mol. The van der Waals surface area contributed by atoms with Gasteiger partial charge in [0.15, 0.2) is 0 Å². The van der Waals surface area contributed by atoms with Crippen LogP contribution in [0.25, 0.3) is 0 Å². The smallest absolute Gasteiger partial charge is 0.311 e. The highest BCUT2D eigenvalue weighted by atomic mass is 31.2. The summed E-state index contributed by atoms with van der Waals surface area (Å²) in [6.07, 6.45) is -1.26. The zero-order valence-electron chi connectivity index (χ0n) is 26.1. The zero-order valence-corrected chi connectivity index (χ0v) is 30.5. The summed E-state index contributed by atoms with van der Waals surface area (Å²) in [4.78, 5) is 4.69. The van der Waals surface area contributed by atoms with Gasteiger partial charge in [0, 0.05) is 97.3 Å². The van der Waals surface area contributed by atoms with Crippen LogP contribution >= 0.6 is 38.0 Å². The molecule has 18 nitrogen and oxygen atoms in total. The van der Waals surface area contributed by atoms with E-state index in [4.69, 9.17) is 45.2 Å². The Labute approximate surface area is 249 Å². The first-order chi connectivity index (χ1) is 19.5. The number of nitrogens with zero attached hydrogens (tertiary/aromatic N) is 3. The fourth-order valence-corrected chi connectivity index (χ4v) is 9.28. The minimum atomic E-state index is -3.60. The van der Waals surface area contributed by atoms with Crippen LogP contribution in [-0.4, -0.2) is 143 Å². The molecule has 0 radical (unpaired) electrons. The lowest BCUT2D eigenvalue weighted by Gasteiger charge is -2.33. The van der Waals surface area contributed by atoms with Crippen molar-refractivity contribution in [2.24, 2.45) is 0 Å². The fraction of sp³-hybridized carbons (Fsp3) is 1.00. The molecule has 0 amide bonds. The van der Waals surface area contributed by atoms with Gasteiger partial charge in [-0.3, -0.25) is 37.5 Å². The summed E-state index contributed by atoms with van der Waals surface area (Å²) in [5, 5.41) is 0. The first-order valence-electron chi connectivity index (χ1n) is 12.2. The molecule has 0 saturated heterocycles. The zero-order chi connectivity index (χ0) is 32.7. The maximum atomic E-state index is 13.1. The van der Waals surface area contributed by atoms with Gasteiger partial charge in [-0.05, 0) is 0 Å². The van der Waals surface area contributed by atoms with Crippen LogP contribution in [0, 0.1) is 0 Å². The molecule has 0 aliphatic rings. The minimum Gasteiger partial charge on any atom is -0.311 e. The van der Waals surface area contributed by atoms with Crippen molar-refractivity contribution >= 4 is 38.0 Å². The van der Waals surface area contributed by atoms with Gasteiger partial charge in [0.25, 0.3) is 0 Å². The van der Waals surface area contributed by atoms with E-state index in [9.17, 15) is 22.8 Å². The van der Waals surface area contributed by atoms with E-state index in [-0.39, 0.29) is 57.6 Å². The van der Waals surface area contributed by atoms with Gasteiger partial charge < -0.3 is 45.2 Å². The van der Waals surface area contributed by atoms with Gasteiger partial charge in [-0.2, -0.15) is 0 Å². The third-order valence-electron chi connectivity index (χ3n) is 6.11. The second-order valence-electron chi connectivity index (χ2n) is 8.49. The topological polar surface area (TPSA) is 187 Å². The van der Waals surface area contributed by atoms with Gasteiger partial charge in [0.05, 0.1) is 0 Å². The molecule has 0 spiro atoms. The largest absolute Gasteiger partial charge is 0.344 e. The summed E-state index contributed by atoms with van der Waals surface area (Å²) < 4.78 is 115. The Balaban J connectivity index is 6.22. The molecule has 0 aromatic rings. The Morgan fingerprint density at radius 2 is 0.452 bits per heavy atom. The first-order valence-corrected chi connectivity index (χ1v) is 20.9. The molecule has 0 saturated carbocycles. The normalized spacial score (nSPS) is 14.0. The molecule has 0 heterocycles. The third kappa shape index (κ3) is 14.8. The average molecular weight is 713 g/mol. The number of hydrogen-bond acceptors (Lipinski definition) is 18. The molecule has 0 bridgehead atoms. The number of hydrogen-bond donors (Lipinski definition) is 0. The molecule has 0 unspecified atom stereocenters. The van der Waals surface area contributed by atoms with Gasteiger partial charge in [0.1, 0.15) is 31.4 Å². The predicted molar refractivity (Wildman–Crippen MR) is 157 cm³/mol. The second-order valence-corrected chi connectivity index (χ2v) is 19.7. The average Bonchev–Trinajstić information content (AvgIpc) is 3.01. The van der Waals surface area contributed by atoms with Crippen molar-refractivity contribution in [2.45, 2.75) is 0 Å². The van der Waals surface area contributed by atoms with E-state index in [1.165, 1.54) is 80.9 Å². The van der Waals surface area contributed by atoms with Gasteiger partial charge in [-0.1, -0.05) is 0 Å². The van der Waals surface area contributed by atoms with Crippen LogP contribution in [-0.2, 0) is 68.1 Å². The Bertz CT molecular complexity index is 861. The monoisotopic (exact) mass is 713 g/mol. The molecular formula is C19H48N3O15P5. The lowest BCUT2D eigenvalue weighted by molar-refractivity contribution is 0.177. The van der Waals surface area contributed by atoms with Crippen molar-refractivity contribution in [3.63, 3.8) is 0 Å². The molecule has 0 fully saturated rings. The maximum Gasteiger partial charge on any atom is 0.344 e. The van der Waals surface area contributed by atoms with Crippen LogP contribution in [0.5, 0.6) is 0 Å². The number of rotatable bonds is 26. The maximum absolute atomic E-state index is 13.1. The van der Waals surface area contributed by atoms with Gasteiger partial charge >= 0.3 is 38.0 Å². The van der Waals surface area contributed by atoms with Crippen LogP contribution in [0.2, 0.25) is 0 Å². The minimum absolute atomic E-state index is 0.0874. The highest BCUT2D eigenvalue weighted by Crippen LogP contribution is 2.53. The molecule has 0 aliphatic carbocycles. The molecule has 0 rings (SSSR count). The molecule has 0 aliphatic heterocycles. The van der Waals surface area contributed by atoms with E-state index < -0.39 is 38.0 Å². The molecule has 254 valence electrons. The van der Waals surface area contributed by atoms with E-state index in [0.29, 0.717) is 0 Å². The molecule has 0 atom stereocenters. The van der Waals surface area contributed by atoms with Crippen LogP contribution in [0.1, 0.15) is 0 Å². The second kappa shape index (κ2) is 20.0. The van der Waals surface area contributed by atoms with E-state index in [1.54, 1.807) is 4.90 Å². The summed E-state index contributed by atoms with van der Waals surface area (Å²) in [6, 6.07) is 0. The van der Waals surface area contributed by atoms with Gasteiger partial charge in [0.2, 0.25) is 0 Å². The van der Waals surface area contributed by atoms with Crippen molar-refractivity contribution < 1.29 is 68.1 Å². The third-order valence-corrected chi connectivity index (χ3v) is 15.4. The van der Waals surface area contributed by atoms with E-state index in [1.807, 2.05) is 0 Å². The first kappa shape index (κ1) is 42.6. The summed E-state index contributed by atoms with van der Waals surface area (Å²) >= 11 is 0. The van der Waals surface area contributed by atoms with Crippen molar-refractivity contribution in [3.8, 4) is 0 Å². The Morgan fingerprint density at radius 1 is 0.310 bits per heavy atom. The van der Waals surface area contributed by atoms with Crippen molar-refractivity contribution in [1.29, 1.82) is 0 Å². The molecule has 0 N–H and O–H groups in total. The summed E-state index contributed by atoms with van der Waals surface area (Å²) in [5.41, 5.74) is 0.